The Hall–Kier alpha value is -1.87. The van der Waals surface area contributed by atoms with Crippen molar-refractivity contribution >= 4 is 0 Å². The van der Waals surface area contributed by atoms with E-state index in [-0.39, 0.29) is 0 Å². The van der Waals surface area contributed by atoms with Crippen LogP contribution in [0.3, 0.4) is 0 Å². The molecule has 0 atom stereocenters. The van der Waals surface area contributed by atoms with E-state index in [4.69, 9.17) is 0 Å². The summed E-state index contributed by atoms with van der Waals surface area (Å²) in [5, 5.41) is 9.95. The second kappa shape index (κ2) is 3.94. The fourth-order valence-corrected chi connectivity index (χ4v) is 0.817. The maximum Gasteiger partial charge on any atom is 0.451 e. The SMILES string of the molecule is O=[N+]([O-])Cc1c(F)nc(C(F)(F)F)nc1F. The Morgan fingerprint density at radius 3 is 1.94 bits per heavy atom. The molecule has 0 amide bonds. The Morgan fingerprint density at radius 1 is 1.19 bits per heavy atom. The molecule has 0 spiro atoms. The Bertz CT molecular complexity index is 410. The molecule has 10 heteroatoms. The molecule has 1 aromatic heterocycles. The van der Waals surface area contributed by atoms with E-state index < -0.39 is 40.9 Å². The van der Waals surface area contributed by atoms with E-state index in [0.717, 1.165) is 0 Å². The van der Waals surface area contributed by atoms with Crippen molar-refractivity contribution in [1.82, 2.24) is 9.97 Å². The van der Waals surface area contributed by atoms with E-state index in [1.165, 1.54) is 0 Å². The quantitative estimate of drug-likeness (QED) is 0.342. The minimum Gasteiger partial charge on any atom is -0.264 e. The first-order chi connectivity index (χ1) is 7.21. The summed E-state index contributed by atoms with van der Waals surface area (Å²) in [4.78, 5) is 13.5. The second-order valence-electron chi connectivity index (χ2n) is 2.60. The van der Waals surface area contributed by atoms with Gasteiger partial charge in [-0.1, -0.05) is 0 Å². The number of halogens is 5. The molecule has 0 aliphatic carbocycles. The Morgan fingerprint density at radius 2 is 1.62 bits per heavy atom. The molecule has 0 N–H and O–H groups in total. The molecular formula is C6H2F5N3O2. The maximum atomic E-state index is 12.8. The number of rotatable bonds is 2. The molecule has 0 saturated heterocycles. The van der Waals surface area contributed by atoms with Gasteiger partial charge in [-0.15, -0.1) is 0 Å². The fourth-order valence-electron chi connectivity index (χ4n) is 0.817. The monoisotopic (exact) mass is 243 g/mol. The zero-order valence-electron chi connectivity index (χ0n) is 7.26. The molecule has 88 valence electrons. The van der Waals surface area contributed by atoms with Crippen molar-refractivity contribution in [3.63, 3.8) is 0 Å². The molecule has 0 bridgehead atoms. The van der Waals surface area contributed by atoms with Gasteiger partial charge in [0.05, 0.1) is 0 Å². The lowest BCUT2D eigenvalue weighted by Gasteiger charge is -2.06. The van der Waals surface area contributed by atoms with Crippen LogP contribution in [0.15, 0.2) is 0 Å². The minimum absolute atomic E-state index is 1.11. The maximum absolute atomic E-state index is 12.8. The van der Waals surface area contributed by atoms with Crippen LogP contribution >= 0.6 is 0 Å². The molecule has 1 heterocycles. The van der Waals surface area contributed by atoms with Gasteiger partial charge in [-0.2, -0.15) is 31.9 Å². The topological polar surface area (TPSA) is 68.9 Å². The standard InChI is InChI=1S/C6H2F5N3O2/c7-3-2(1-14(15)16)4(8)13-5(12-3)6(9,10)11/h1H2. The van der Waals surface area contributed by atoms with Crippen molar-refractivity contribution in [2.75, 3.05) is 0 Å². The Labute approximate surface area is 84.1 Å². The van der Waals surface area contributed by atoms with Crippen LogP contribution < -0.4 is 0 Å². The summed E-state index contributed by atoms with van der Waals surface area (Å²) in [5.41, 5.74) is -1.21. The Kier molecular flexibility index (Phi) is 3.01. The molecule has 1 aromatic rings. The highest BCUT2D eigenvalue weighted by Gasteiger charge is 2.37. The number of nitrogens with zero attached hydrogens (tertiary/aromatic N) is 3. The van der Waals surface area contributed by atoms with Gasteiger partial charge < -0.3 is 0 Å². The predicted octanol–water partition coefficient (Wildman–Crippen LogP) is 1.55. The van der Waals surface area contributed by atoms with Gasteiger partial charge in [-0.05, 0) is 0 Å². The molecule has 0 radical (unpaired) electrons. The summed E-state index contributed by atoms with van der Waals surface area (Å²) >= 11 is 0. The lowest BCUT2D eigenvalue weighted by molar-refractivity contribution is -0.497. The van der Waals surface area contributed by atoms with Gasteiger partial charge in [-0.25, -0.2) is 0 Å². The van der Waals surface area contributed by atoms with E-state index >= 15 is 0 Å². The first kappa shape index (κ1) is 12.2. The summed E-state index contributed by atoms with van der Waals surface area (Å²) in [6.45, 7) is -1.32. The van der Waals surface area contributed by atoms with E-state index in [2.05, 4.69) is 9.97 Å². The van der Waals surface area contributed by atoms with Crippen molar-refractivity contribution in [3.05, 3.63) is 33.4 Å². The molecule has 0 fully saturated rings. The zero-order chi connectivity index (χ0) is 12.5. The van der Waals surface area contributed by atoms with Crippen LogP contribution in [0, 0.1) is 22.0 Å². The third kappa shape index (κ3) is 2.58. The minimum atomic E-state index is -5.12. The van der Waals surface area contributed by atoms with Gasteiger partial charge in [0.15, 0.2) is 0 Å². The lowest BCUT2D eigenvalue weighted by Crippen LogP contribution is -2.17. The van der Waals surface area contributed by atoms with Crippen molar-refractivity contribution in [2.24, 2.45) is 0 Å². The van der Waals surface area contributed by atoms with Gasteiger partial charge in [-0.3, -0.25) is 10.1 Å². The lowest BCUT2D eigenvalue weighted by atomic mass is 10.3. The summed E-state index contributed by atoms with van der Waals surface area (Å²) < 4.78 is 61.5. The summed E-state index contributed by atoms with van der Waals surface area (Å²) in [5.74, 6) is -5.80. The van der Waals surface area contributed by atoms with Crippen LogP contribution in [0.4, 0.5) is 22.0 Å². The third-order valence-corrected chi connectivity index (χ3v) is 1.45. The Balaban J connectivity index is 3.23. The van der Waals surface area contributed by atoms with Crippen LogP contribution in [0.5, 0.6) is 0 Å². The fraction of sp³-hybridized carbons (Fsp3) is 0.333. The number of aromatic nitrogens is 2. The van der Waals surface area contributed by atoms with Crippen LogP contribution in [-0.2, 0) is 12.7 Å². The third-order valence-electron chi connectivity index (χ3n) is 1.45. The molecule has 0 aliphatic heterocycles. The first-order valence-electron chi connectivity index (χ1n) is 3.62. The molecule has 5 nitrogen and oxygen atoms in total. The van der Waals surface area contributed by atoms with Gasteiger partial charge in [0.25, 0.3) is 0 Å². The zero-order valence-corrected chi connectivity index (χ0v) is 7.26. The van der Waals surface area contributed by atoms with E-state index in [1.807, 2.05) is 0 Å². The number of hydrogen-bond donors (Lipinski definition) is 0. The molecule has 0 aliphatic rings. The molecular weight excluding hydrogens is 241 g/mol. The van der Waals surface area contributed by atoms with Crippen molar-refractivity contribution in [3.8, 4) is 0 Å². The van der Waals surface area contributed by atoms with Gasteiger partial charge in [0.2, 0.25) is 24.3 Å². The highest BCUT2D eigenvalue weighted by atomic mass is 19.4. The van der Waals surface area contributed by atoms with E-state index in [9.17, 15) is 32.1 Å². The van der Waals surface area contributed by atoms with E-state index in [0.29, 0.717) is 0 Å². The highest BCUT2D eigenvalue weighted by Crippen LogP contribution is 2.27. The van der Waals surface area contributed by atoms with Crippen molar-refractivity contribution < 1.29 is 26.9 Å². The van der Waals surface area contributed by atoms with Crippen LogP contribution in [0.1, 0.15) is 11.4 Å². The summed E-state index contributed by atoms with van der Waals surface area (Å²) in [6, 6.07) is 0. The van der Waals surface area contributed by atoms with Gasteiger partial charge in [0, 0.05) is 4.92 Å². The molecule has 0 unspecified atom stereocenters. The smallest absolute Gasteiger partial charge is 0.264 e. The first-order valence-corrected chi connectivity index (χ1v) is 3.62. The van der Waals surface area contributed by atoms with Crippen LogP contribution in [0.2, 0.25) is 0 Å². The summed E-state index contributed by atoms with van der Waals surface area (Å²) in [6.07, 6.45) is -5.12. The molecule has 0 aromatic carbocycles. The normalized spacial score (nSPS) is 11.6. The van der Waals surface area contributed by atoms with E-state index in [1.54, 1.807) is 0 Å². The summed E-state index contributed by atoms with van der Waals surface area (Å²) in [7, 11) is 0. The van der Waals surface area contributed by atoms with Crippen molar-refractivity contribution in [1.29, 1.82) is 0 Å². The predicted molar refractivity (Wildman–Crippen MR) is 37.6 cm³/mol. The van der Waals surface area contributed by atoms with Crippen LogP contribution in [0.25, 0.3) is 0 Å². The van der Waals surface area contributed by atoms with Gasteiger partial charge >= 0.3 is 6.18 Å². The number of alkyl halides is 3. The highest BCUT2D eigenvalue weighted by molar-refractivity contribution is 5.09. The second-order valence-corrected chi connectivity index (χ2v) is 2.60. The average molecular weight is 243 g/mol. The molecule has 16 heavy (non-hydrogen) atoms. The van der Waals surface area contributed by atoms with Crippen molar-refractivity contribution in [2.45, 2.75) is 12.7 Å². The number of hydrogen-bond acceptors (Lipinski definition) is 4. The molecule has 1 rings (SSSR count). The largest absolute Gasteiger partial charge is 0.451 e. The number of nitro groups is 1. The van der Waals surface area contributed by atoms with Crippen LogP contribution in [-0.4, -0.2) is 14.9 Å². The molecule has 0 saturated carbocycles. The van der Waals surface area contributed by atoms with Gasteiger partial charge in [0.1, 0.15) is 5.56 Å². The average Bonchev–Trinajstić information content (AvgIpc) is 2.09.